The van der Waals surface area contributed by atoms with Gasteiger partial charge in [-0.25, -0.2) is 4.98 Å². The Bertz CT molecular complexity index is 1440. The minimum Gasteiger partial charge on any atom is -0.495 e. The van der Waals surface area contributed by atoms with E-state index in [9.17, 15) is 22.5 Å². The maximum absolute atomic E-state index is 13.8. The molecule has 3 aromatic rings. The average Bonchev–Trinajstić information content (AvgIpc) is 2.92. The number of para-hydroxylation sites is 1. The molecule has 1 amide bonds. The quantitative estimate of drug-likeness (QED) is 0.288. The largest absolute Gasteiger partial charge is 0.495 e. The molecule has 0 atom stereocenters. The van der Waals surface area contributed by atoms with Crippen molar-refractivity contribution in [3.63, 3.8) is 0 Å². The fraction of sp³-hybridized carbons (Fsp3) is 0.393. The van der Waals surface area contributed by atoms with E-state index < -0.39 is 24.7 Å². The van der Waals surface area contributed by atoms with Crippen molar-refractivity contribution in [1.82, 2.24) is 20.2 Å². The van der Waals surface area contributed by atoms with E-state index in [-0.39, 0.29) is 23.3 Å². The summed E-state index contributed by atoms with van der Waals surface area (Å²) in [5.41, 5.74) is -0.0825. The first-order chi connectivity index (χ1) is 19.3. The van der Waals surface area contributed by atoms with Gasteiger partial charge in [-0.05, 0) is 82.6 Å². The number of likely N-dealkylation sites (tertiary alicyclic amines) is 1. The standard InChI is InChI=1S/C28H34F3N6O3P/c1-37-13-11-18(12-14-37)16-32-26(38)19-9-10-21(23(15-19)40-2)35-27-33-17-20(28(29,30)31)25(36-27)34-22-7-5-6-8-24(22)41(3,4)39/h5-10,15,17-18H,11-14,16H2,1-4H3,(H,32,38)(H2,33,34,35,36). The van der Waals surface area contributed by atoms with Gasteiger partial charge in [0.15, 0.2) is 0 Å². The third kappa shape index (κ3) is 7.77. The number of carbonyl (C=O) groups excluding carboxylic acids is 1. The molecular weight excluding hydrogens is 556 g/mol. The number of rotatable bonds is 9. The van der Waals surface area contributed by atoms with Gasteiger partial charge < -0.3 is 30.2 Å². The monoisotopic (exact) mass is 590 g/mol. The van der Waals surface area contributed by atoms with Gasteiger partial charge in [-0.15, -0.1) is 0 Å². The topological polar surface area (TPSA) is 108 Å². The normalized spacial score (nSPS) is 14.9. The van der Waals surface area contributed by atoms with Crippen LogP contribution in [0.25, 0.3) is 0 Å². The Kier molecular flexibility index (Phi) is 9.24. The number of hydrogen-bond donors (Lipinski definition) is 3. The SMILES string of the molecule is COc1cc(C(=O)NCC2CCN(C)CC2)ccc1Nc1ncc(C(F)(F)F)c(Nc2ccccc2P(C)(C)=O)n1. The lowest BCUT2D eigenvalue weighted by molar-refractivity contribution is -0.137. The summed E-state index contributed by atoms with van der Waals surface area (Å²) in [5.74, 6) is -0.162. The molecule has 2 aromatic carbocycles. The highest BCUT2D eigenvalue weighted by atomic mass is 31.2. The van der Waals surface area contributed by atoms with Crippen LogP contribution in [-0.4, -0.2) is 67.9 Å². The maximum atomic E-state index is 13.8. The summed E-state index contributed by atoms with van der Waals surface area (Å²) in [5, 5.41) is 8.96. The number of amides is 1. The van der Waals surface area contributed by atoms with Crippen molar-refractivity contribution in [3.05, 3.63) is 59.8 Å². The summed E-state index contributed by atoms with van der Waals surface area (Å²) in [6.45, 7) is 5.66. The molecular formula is C28H34F3N6O3P. The Hall–Kier alpha value is -3.63. The number of alkyl halides is 3. The molecule has 0 aliphatic carbocycles. The second-order valence-corrected chi connectivity index (χ2v) is 13.6. The Morgan fingerprint density at radius 3 is 2.46 bits per heavy atom. The number of nitrogens with zero attached hydrogens (tertiary/aromatic N) is 3. The summed E-state index contributed by atoms with van der Waals surface area (Å²) in [7, 11) is 0.697. The molecule has 0 spiro atoms. The lowest BCUT2D eigenvalue weighted by atomic mass is 9.97. The number of methoxy groups -OCH3 is 1. The predicted octanol–water partition coefficient (Wildman–Crippen LogP) is 5.31. The zero-order chi connectivity index (χ0) is 29.8. The number of ether oxygens (including phenoxy) is 1. The number of benzene rings is 2. The Morgan fingerprint density at radius 1 is 1.10 bits per heavy atom. The molecule has 4 rings (SSSR count). The molecule has 0 unspecified atom stereocenters. The first-order valence-corrected chi connectivity index (χ1v) is 15.7. The molecule has 2 heterocycles. The van der Waals surface area contributed by atoms with Gasteiger partial charge in [0.05, 0.1) is 18.5 Å². The molecule has 3 N–H and O–H groups in total. The Labute approximate surface area is 237 Å². The van der Waals surface area contributed by atoms with Crippen LogP contribution in [0, 0.1) is 5.92 Å². The Balaban J connectivity index is 1.55. The highest BCUT2D eigenvalue weighted by molar-refractivity contribution is 7.70. The van der Waals surface area contributed by atoms with Crippen molar-refractivity contribution >= 4 is 41.5 Å². The molecule has 1 fully saturated rings. The van der Waals surface area contributed by atoms with Crippen LogP contribution < -0.4 is 26.0 Å². The highest BCUT2D eigenvalue weighted by Gasteiger charge is 2.36. The molecule has 0 saturated carbocycles. The van der Waals surface area contributed by atoms with Gasteiger partial charge in [0.2, 0.25) is 5.95 Å². The maximum Gasteiger partial charge on any atom is 0.421 e. The van der Waals surface area contributed by atoms with Crippen LogP contribution in [0.4, 0.5) is 36.3 Å². The Morgan fingerprint density at radius 2 is 1.80 bits per heavy atom. The molecule has 9 nitrogen and oxygen atoms in total. The first-order valence-electron chi connectivity index (χ1n) is 13.1. The van der Waals surface area contributed by atoms with Gasteiger partial charge in [0, 0.05) is 23.6 Å². The third-order valence-electron chi connectivity index (χ3n) is 6.93. The van der Waals surface area contributed by atoms with Gasteiger partial charge in [0.25, 0.3) is 5.91 Å². The molecule has 0 radical (unpaired) electrons. The van der Waals surface area contributed by atoms with Crippen LogP contribution in [0.1, 0.15) is 28.8 Å². The van der Waals surface area contributed by atoms with E-state index in [4.69, 9.17) is 4.74 Å². The summed E-state index contributed by atoms with van der Waals surface area (Å²) in [6, 6.07) is 11.2. The van der Waals surface area contributed by atoms with Crippen molar-refractivity contribution in [2.75, 3.05) is 57.8 Å². The van der Waals surface area contributed by atoms with Crippen molar-refractivity contribution in [2.24, 2.45) is 5.92 Å². The van der Waals surface area contributed by atoms with Crippen LogP contribution in [0.5, 0.6) is 5.75 Å². The molecule has 13 heteroatoms. The smallest absolute Gasteiger partial charge is 0.421 e. The van der Waals surface area contributed by atoms with E-state index in [0.717, 1.165) is 25.9 Å². The zero-order valence-electron chi connectivity index (χ0n) is 23.4. The highest BCUT2D eigenvalue weighted by Crippen LogP contribution is 2.40. The van der Waals surface area contributed by atoms with E-state index in [1.165, 1.54) is 20.4 Å². The lowest BCUT2D eigenvalue weighted by Crippen LogP contribution is -2.36. The minimum atomic E-state index is -4.74. The van der Waals surface area contributed by atoms with Crippen molar-refractivity contribution < 1.29 is 27.3 Å². The predicted molar refractivity (Wildman–Crippen MR) is 155 cm³/mol. The third-order valence-corrected chi connectivity index (χ3v) is 8.48. The van der Waals surface area contributed by atoms with Crippen molar-refractivity contribution in [1.29, 1.82) is 0 Å². The molecule has 1 saturated heterocycles. The van der Waals surface area contributed by atoms with Gasteiger partial charge >= 0.3 is 6.18 Å². The number of piperidine rings is 1. The van der Waals surface area contributed by atoms with E-state index >= 15 is 0 Å². The van der Waals surface area contributed by atoms with E-state index in [1.807, 2.05) is 0 Å². The number of hydrogen-bond acceptors (Lipinski definition) is 8. The summed E-state index contributed by atoms with van der Waals surface area (Å²) >= 11 is 0. The number of halogens is 3. The van der Waals surface area contributed by atoms with Gasteiger partial charge in [-0.1, -0.05) is 12.1 Å². The number of nitrogens with one attached hydrogen (secondary N) is 3. The summed E-state index contributed by atoms with van der Waals surface area (Å²) in [6.07, 6.45) is -2.02. The van der Waals surface area contributed by atoms with Crippen LogP contribution in [-0.2, 0) is 10.7 Å². The second kappa shape index (κ2) is 12.5. The van der Waals surface area contributed by atoms with E-state index in [0.29, 0.717) is 35.2 Å². The number of carbonyl (C=O) groups is 1. The van der Waals surface area contributed by atoms with Crippen LogP contribution in [0.15, 0.2) is 48.7 Å². The molecule has 1 aliphatic heterocycles. The number of anilines is 4. The number of aromatic nitrogens is 2. The van der Waals surface area contributed by atoms with Crippen molar-refractivity contribution in [2.45, 2.75) is 19.0 Å². The fourth-order valence-electron chi connectivity index (χ4n) is 4.58. The van der Waals surface area contributed by atoms with Crippen LogP contribution in [0.2, 0.25) is 0 Å². The molecule has 0 bridgehead atoms. The van der Waals surface area contributed by atoms with Gasteiger partial charge in [0.1, 0.15) is 24.3 Å². The average molecular weight is 591 g/mol. The molecule has 41 heavy (non-hydrogen) atoms. The van der Waals surface area contributed by atoms with E-state index in [2.05, 4.69) is 37.9 Å². The van der Waals surface area contributed by atoms with Gasteiger partial charge in [-0.3, -0.25) is 4.79 Å². The van der Waals surface area contributed by atoms with Gasteiger partial charge in [-0.2, -0.15) is 18.2 Å². The molecule has 1 aliphatic rings. The summed E-state index contributed by atoms with van der Waals surface area (Å²) < 4.78 is 59.7. The molecule has 1 aromatic heterocycles. The van der Waals surface area contributed by atoms with Crippen LogP contribution in [0.3, 0.4) is 0 Å². The lowest BCUT2D eigenvalue weighted by Gasteiger charge is -2.28. The second-order valence-electron chi connectivity index (χ2n) is 10.4. The minimum absolute atomic E-state index is 0.132. The van der Waals surface area contributed by atoms with E-state index in [1.54, 1.807) is 42.5 Å². The first kappa shape index (κ1) is 30.3. The van der Waals surface area contributed by atoms with Crippen molar-refractivity contribution in [3.8, 4) is 5.75 Å². The van der Waals surface area contributed by atoms with Crippen LogP contribution >= 0.6 is 7.14 Å². The molecule has 220 valence electrons. The summed E-state index contributed by atoms with van der Waals surface area (Å²) in [4.78, 5) is 23.0. The zero-order valence-corrected chi connectivity index (χ0v) is 24.3. The fourth-order valence-corrected chi connectivity index (χ4v) is 5.74.